The molecule has 0 aliphatic carbocycles. The predicted molar refractivity (Wildman–Crippen MR) is 270 cm³/mol. The molecule has 0 spiro atoms. The minimum atomic E-state index is -0.759. The summed E-state index contributed by atoms with van der Waals surface area (Å²) in [6.45, 7) is 9.02. The van der Waals surface area contributed by atoms with Gasteiger partial charge in [-0.15, -0.1) is 0 Å². The Labute approximate surface area is 393 Å². The highest BCUT2D eigenvalue weighted by Crippen LogP contribution is 2.18. The molecule has 0 aromatic heterocycles. The zero-order valence-corrected chi connectivity index (χ0v) is 43.0. The Morgan fingerprint density at radius 3 is 0.825 bits per heavy atom. The first-order valence-electron chi connectivity index (χ1n) is 28.4. The second-order valence-corrected chi connectivity index (χ2v) is 19.8. The molecule has 0 fully saturated rings. The Morgan fingerprint density at radius 2 is 0.556 bits per heavy atom. The summed E-state index contributed by atoms with van der Waals surface area (Å²) in [6, 6.07) is 0. The average Bonchev–Trinajstić information content (AvgIpc) is 3.28. The van der Waals surface area contributed by atoms with Crippen LogP contribution in [-0.4, -0.2) is 37.2 Å². The van der Waals surface area contributed by atoms with Gasteiger partial charge in [-0.05, 0) is 25.2 Å². The largest absolute Gasteiger partial charge is 0.462 e. The quantitative estimate of drug-likeness (QED) is 0.0344. The standard InChI is InChI=1S/C57H110O6/c1-5-8-10-12-13-14-15-16-17-18-22-25-28-31-34-37-41-44-48-55(58)61-51-54(63-57(60)50-46-39-11-9-6-2)52-62-56(59)49-45-42-38-35-32-29-26-23-20-19-21-24-27-30-33-36-40-43-47-53(4)7-3/h53-54H,5-52H2,1-4H3/t53?,54-/m1/s1. The lowest BCUT2D eigenvalue weighted by Gasteiger charge is -2.18. The van der Waals surface area contributed by atoms with Crippen molar-refractivity contribution in [1.82, 2.24) is 0 Å². The van der Waals surface area contributed by atoms with Crippen LogP contribution in [0, 0.1) is 5.92 Å². The smallest absolute Gasteiger partial charge is 0.306 e. The Balaban J connectivity index is 3.98. The van der Waals surface area contributed by atoms with Crippen molar-refractivity contribution in [2.75, 3.05) is 13.2 Å². The van der Waals surface area contributed by atoms with Crippen LogP contribution in [0.2, 0.25) is 0 Å². The van der Waals surface area contributed by atoms with Crippen LogP contribution < -0.4 is 0 Å². The molecule has 0 aromatic carbocycles. The van der Waals surface area contributed by atoms with Crippen LogP contribution >= 0.6 is 0 Å². The maximum Gasteiger partial charge on any atom is 0.306 e. The molecule has 63 heavy (non-hydrogen) atoms. The highest BCUT2D eigenvalue weighted by Gasteiger charge is 2.19. The topological polar surface area (TPSA) is 78.9 Å². The molecule has 0 rings (SSSR count). The maximum absolute atomic E-state index is 12.6. The maximum atomic E-state index is 12.6. The van der Waals surface area contributed by atoms with E-state index in [1.54, 1.807) is 0 Å². The highest BCUT2D eigenvalue weighted by atomic mass is 16.6. The van der Waals surface area contributed by atoms with E-state index in [1.165, 1.54) is 212 Å². The number of ether oxygens (including phenoxy) is 3. The molecule has 0 heterocycles. The molecule has 6 heteroatoms. The van der Waals surface area contributed by atoms with E-state index < -0.39 is 6.10 Å². The monoisotopic (exact) mass is 891 g/mol. The molecule has 0 saturated heterocycles. The van der Waals surface area contributed by atoms with Gasteiger partial charge >= 0.3 is 17.9 Å². The molecule has 2 atom stereocenters. The van der Waals surface area contributed by atoms with E-state index in [0.717, 1.165) is 70.1 Å². The number of hydrogen-bond acceptors (Lipinski definition) is 6. The lowest BCUT2D eigenvalue weighted by atomic mass is 9.99. The van der Waals surface area contributed by atoms with E-state index in [1.807, 2.05) is 0 Å². The van der Waals surface area contributed by atoms with Crippen LogP contribution in [0.1, 0.15) is 323 Å². The second-order valence-electron chi connectivity index (χ2n) is 19.8. The van der Waals surface area contributed by atoms with Gasteiger partial charge in [0, 0.05) is 19.3 Å². The zero-order valence-electron chi connectivity index (χ0n) is 43.0. The van der Waals surface area contributed by atoms with Crippen molar-refractivity contribution in [3.63, 3.8) is 0 Å². The first-order valence-corrected chi connectivity index (χ1v) is 28.4. The summed E-state index contributed by atoms with van der Waals surface area (Å²) in [6.07, 6.45) is 55.6. The second kappa shape index (κ2) is 51.4. The van der Waals surface area contributed by atoms with Crippen LogP contribution in [0.4, 0.5) is 0 Å². The summed E-state index contributed by atoms with van der Waals surface area (Å²) < 4.78 is 16.7. The van der Waals surface area contributed by atoms with Crippen molar-refractivity contribution < 1.29 is 28.6 Å². The van der Waals surface area contributed by atoms with Crippen molar-refractivity contribution in [2.45, 2.75) is 329 Å². The van der Waals surface area contributed by atoms with Gasteiger partial charge in [-0.3, -0.25) is 14.4 Å². The van der Waals surface area contributed by atoms with Crippen LogP contribution in [0.3, 0.4) is 0 Å². The van der Waals surface area contributed by atoms with Gasteiger partial charge in [-0.25, -0.2) is 0 Å². The molecular weight excluding hydrogens is 781 g/mol. The zero-order chi connectivity index (χ0) is 45.9. The minimum Gasteiger partial charge on any atom is -0.462 e. The van der Waals surface area contributed by atoms with Gasteiger partial charge in [0.1, 0.15) is 13.2 Å². The predicted octanol–water partition coefficient (Wildman–Crippen LogP) is 18.6. The molecule has 0 radical (unpaired) electrons. The van der Waals surface area contributed by atoms with E-state index in [-0.39, 0.29) is 31.1 Å². The Morgan fingerprint density at radius 1 is 0.317 bits per heavy atom. The van der Waals surface area contributed by atoms with Crippen molar-refractivity contribution in [2.24, 2.45) is 5.92 Å². The fraction of sp³-hybridized carbons (Fsp3) is 0.947. The van der Waals surface area contributed by atoms with Crippen molar-refractivity contribution in [1.29, 1.82) is 0 Å². The van der Waals surface area contributed by atoms with Gasteiger partial charge in [0.2, 0.25) is 0 Å². The molecular formula is C57H110O6. The van der Waals surface area contributed by atoms with Gasteiger partial charge in [0.15, 0.2) is 6.10 Å². The van der Waals surface area contributed by atoms with Gasteiger partial charge in [0.05, 0.1) is 0 Å². The summed E-state index contributed by atoms with van der Waals surface area (Å²) in [5.41, 5.74) is 0. The number of carbonyl (C=O) groups is 3. The summed E-state index contributed by atoms with van der Waals surface area (Å²) in [5, 5.41) is 0. The number of esters is 3. The van der Waals surface area contributed by atoms with Gasteiger partial charge in [-0.1, -0.05) is 285 Å². The molecule has 0 aromatic rings. The highest BCUT2D eigenvalue weighted by molar-refractivity contribution is 5.71. The summed E-state index contributed by atoms with van der Waals surface area (Å²) >= 11 is 0. The van der Waals surface area contributed by atoms with Crippen LogP contribution in [-0.2, 0) is 28.6 Å². The van der Waals surface area contributed by atoms with E-state index in [9.17, 15) is 14.4 Å². The third-order valence-corrected chi connectivity index (χ3v) is 13.4. The Hall–Kier alpha value is -1.59. The van der Waals surface area contributed by atoms with Gasteiger partial charge in [-0.2, -0.15) is 0 Å². The number of unbranched alkanes of at least 4 members (excludes halogenated alkanes) is 38. The van der Waals surface area contributed by atoms with E-state index in [0.29, 0.717) is 19.3 Å². The fourth-order valence-electron chi connectivity index (χ4n) is 8.72. The van der Waals surface area contributed by atoms with Gasteiger partial charge < -0.3 is 14.2 Å². The normalized spacial score (nSPS) is 12.4. The molecule has 6 nitrogen and oxygen atoms in total. The average molecular weight is 892 g/mol. The molecule has 1 unspecified atom stereocenters. The Kier molecular flexibility index (Phi) is 50.1. The molecule has 0 N–H and O–H groups in total. The minimum absolute atomic E-state index is 0.0638. The van der Waals surface area contributed by atoms with Crippen LogP contribution in [0.15, 0.2) is 0 Å². The first-order chi connectivity index (χ1) is 30.9. The van der Waals surface area contributed by atoms with E-state index in [4.69, 9.17) is 14.2 Å². The summed E-state index contributed by atoms with van der Waals surface area (Å²) in [4.78, 5) is 37.7. The van der Waals surface area contributed by atoms with Crippen molar-refractivity contribution >= 4 is 17.9 Å². The number of rotatable bonds is 52. The third kappa shape index (κ3) is 49.7. The van der Waals surface area contributed by atoms with Gasteiger partial charge in [0.25, 0.3) is 0 Å². The molecule has 374 valence electrons. The lowest BCUT2D eigenvalue weighted by Crippen LogP contribution is -2.30. The SMILES string of the molecule is CCCCCCCCCCCCCCCCCCCCC(=O)OC[C@H](COC(=O)CCCCCCCCCCCCCCCCCCCCC(C)CC)OC(=O)CCCCCCC. The fourth-order valence-corrected chi connectivity index (χ4v) is 8.72. The van der Waals surface area contributed by atoms with Crippen molar-refractivity contribution in [3.05, 3.63) is 0 Å². The molecule has 0 aliphatic rings. The molecule has 0 saturated carbocycles. The first kappa shape index (κ1) is 61.4. The van der Waals surface area contributed by atoms with Crippen LogP contribution in [0.25, 0.3) is 0 Å². The Bertz CT molecular complexity index is 951. The summed E-state index contributed by atoms with van der Waals surface area (Å²) in [7, 11) is 0. The van der Waals surface area contributed by atoms with E-state index in [2.05, 4.69) is 27.7 Å². The van der Waals surface area contributed by atoms with Crippen LogP contribution in [0.5, 0.6) is 0 Å². The van der Waals surface area contributed by atoms with E-state index >= 15 is 0 Å². The molecule has 0 amide bonds. The number of hydrogen-bond donors (Lipinski definition) is 0. The number of carbonyl (C=O) groups excluding carboxylic acids is 3. The van der Waals surface area contributed by atoms with Crippen molar-refractivity contribution in [3.8, 4) is 0 Å². The third-order valence-electron chi connectivity index (χ3n) is 13.4. The lowest BCUT2D eigenvalue weighted by molar-refractivity contribution is -0.167. The molecule has 0 bridgehead atoms. The molecule has 0 aliphatic heterocycles. The summed E-state index contributed by atoms with van der Waals surface area (Å²) in [5.74, 6) is 0.0555.